The van der Waals surface area contributed by atoms with Gasteiger partial charge in [-0.2, -0.15) is 5.48 Å². The number of hydrogen-bond acceptors (Lipinski definition) is 3. The van der Waals surface area contributed by atoms with Gasteiger partial charge in [-0.15, -0.1) is 0 Å². The number of carbonyl (C=O) groups excluding carboxylic acids is 1. The summed E-state index contributed by atoms with van der Waals surface area (Å²) in [6, 6.07) is 0. The Morgan fingerprint density at radius 3 is 2.78 bits per heavy atom. The monoisotopic (exact) mass is 127 g/mol. The molecule has 48 valence electrons. The molecule has 0 saturated carbocycles. The van der Waals surface area contributed by atoms with E-state index in [0.29, 0.717) is 0 Å². The topological polar surface area (TPSA) is 42.7 Å². The third kappa shape index (κ3) is 2.46. The second-order valence-electron chi connectivity index (χ2n) is 1.17. The van der Waals surface area contributed by atoms with Gasteiger partial charge in [-0.1, -0.05) is 0 Å². The van der Waals surface area contributed by atoms with Crippen molar-refractivity contribution >= 4 is 5.97 Å². The summed E-state index contributed by atoms with van der Waals surface area (Å²) >= 11 is 0. The van der Waals surface area contributed by atoms with Crippen molar-refractivity contribution in [1.82, 2.24) is 5.48 Å². The molecule has 0 rings (SSSR count). The molecule has 0 saturated heterocycles. The minimum absolute atomic E-state index is 0.121. The van der Waals surface area contributed by atoms with Crippen molar-refractivity contribution in [2.75, 3.05) is 7.05 Å². The van der Waals surface area contributed by atoms with E-state index < -0.39 is 5.97 Å². The summed E-state index contributed by atoms with van der Waals surface area (Å²) in [6.45, 7) is 7.89. The lowest BCUT2D eigenvalue weighted by atomic mass is 10.5. The molecule has 0 aromatic carbocycles. The fraction of sp³-hybridized carbons (Fsp3) is 0.200. The summed E-state index contributed by atoms with van der Waals surface area (Å²) < 4.78 is 0. The molecule has 0 aliphatic carbocycles. The van der Waals surface area contributed by atoms with Gasteiger partial charge >= 0.3 is 11.7 Å². The van der Waals surface area contributed by atoms with Gasteiger partial charge in [0, 0.05) is 13.6 Å². The molecule has 0 aliphatic heterocycles. The minimum atomic E-state index is -0.681. The van der Waals surface area contributed by atoms with E-state index in [0.717, 1.165) is 0 Å². The van der Waals surface area contributed by atoms with E-state index in [4.69, 9.17) is 6.57 Å². The van der Waals surface area contributed by atoms with Crippen LogP contribution in [0, 0.1) is 6.57 Å². The summed E-state index contributed by atoms with van der Waals surface area (Å²) in [5.41, 5.74) is 2.04. The average molecular weight is 127 g/mol. The van der Waals surface area contributed by atoms with E-state index in [1.807, 2.05) is 0 Å². The van der Waals surface area contributed by atoms with Gasteiger partial charge in [0.2, 0.25) is 0 Å². The van der Waals surface area contributed by atoms with E-state index in [9.17, 15) is 4.79 Å². The van der Waals surface area contributed by atoms with Crippen molar-refractivity contribution in [2.24, 2.45) is 0 Å². The first-order valence-electron chi connectivity index (χ1n) is 2.20. The first kappa shape index (κ1) is 7.66. The highest BCUT2D eigenvalue weighted by Crippen LogP contribution is 1.91. The zero-order valence-corrected chi connectivity index (χ0v) is 5.05. The van der Waals surface area contributed by atoms with Crippen molar-refractivity contribution < 1.29 is 9.63 Å². The molecule has 4 heteroatoms. The fourth-order valence-corrected chi connectivity index (χ4v) is 0.204. The summed E-state index contributed by atoms with van der Waals surface area (Å²) in [4.78, 5) is 17.6. The lowest BCUT2D eigenvalue weighted by molar-refractivity contribution is -0.144. The number of nitrogens with zero attached hydrogens (tertiary/aromatic N) is 1. The molecule has 4 nitrogen and oxygen atoms in total. The fourth-order valence-electron chi connectivity index (χ4n) is 0.204. The molecule has 0 aliphatic rings. The molecule has 0 spiro atoms. The van der Waals surface area contributed by atoms with Crippen molar-refractivity contribution in [1.29, 1.82) is 0 Å². The summed E-state index contributed by atoms with van der Waals surface area (Å²) in [5.74, 6) is -0.681. The second-order valence-corrected chi connectivity index (χ2v) is 1.17. The second kappa shape index (κ2) is 3.64. The maximum Gasteiger partial charge on any atom is 0.441 e. The van der Waals surface area contributed by atoms with E-state index in [1.165, 1.54) is 7.05 Å². The Morgan fingerprint density at radius 2 is 2.44 bits per heavy atom. The van der Waals surface area contributed by atoms with Crippen LogP contribution in [0.2, 0.25) is 0 Å². The van der Waals surface area contributed by atoms with Gasteiger partial charge in [0.05, 0.1) is 0 Å². The molecular weight excluding hydrogens is 120 g/mol. The Morgan fingerprint density at radius 1 is 1.89 bits per heavy atom. The van der Waals surface area contributed by atoms with Gasteiger partial charge < -0.3 is 4.84 Å². The van der Waals surface area contributed by atoms with Crippen molar-refractivity contribution in [3.05, 3.63) is 17.1 Å². The zero-order chi connectivity index (χ0) is 7.28. The number of hydroxylamine groups is 1. The number of rotatable bonds is 2. The molecule has 0 fully saturated rings. The highest BCUT2D eigenvalue weighted by molar-refractivity contribution is 5.89. The predicted octanol–water partition coefficient (Wildman–Crippen LogP) is 0.140. The van der Waals surface area contributed by atoms with Crippen LogP contribution in [-0.4, -0.2) is 13.0 Å². The highest BCUT2D eigenvalue weighted by Gasteiger charge is 2.16. The first-order valence-corrected chi connectivity index (χ1v) is 2.20. The maximum absolute atomic E-state index is 10.4. The van der Waals surface area contributed by atoms with Crippen LogP contribution in [0.1, 0.15) is 0 Å². The average Bonchev–Trinajstić information content (AvgIpc) is 1.87. The molecule has 0 amide bonds. The van der Waals surface area contributed by atoms with Crippen LogP contribution in [0.5, 0.6) is 0 Å². The lowest BCUT2D eigenvalue weighted by Crippen LogP contribution is -2.14. The first-order chi connectivity index (χ1) is 4.22. The standard InChI is InChI=1S/C5H7N2O2/c1-4(6-2)5(8)9-7-3/h2,7H,1H2,3H3/q+1. The van der Waals surface area contributed by atoms with Crippen LogP contribution < -0.4 is 5.48 Å². The zero-order valence-electron chi connectivity index (χ0n) is 5.05. The lowest BCUT2D eigenvalue weighted by Gasteiger charge is -1.90. The Balaban J connectivity index is 3.78. The molecule has 0 atom stereocenters. The SMILES string of the molecule is C#[N+]C(=C)C(=O)ONC. The molecule has 1 N–H and O–H groups in total. The smallest absolute Gasteiger partial charge is 0.362 e. The summed E-state index contributed by atoms with van der Waals surface area (Å²) in [7, 11) is 1.45. The highest BCUT2D eigenvalue weighted by atomic mass is 16.7. The molecule has 0 unspecified atom stereocenters. The largest absolute Gasteiger partial charge is 0.441 e. The van der Waals surface area contributed by atoms with Crippen LogP contribution >= 0.6 is 0 Å². The van der Waals surface area contributed by atoms with Crippen LogP contribution in [0.3, 0.4) is 0 Å². The third-order valence-electron chi connectivity index (χ3n) is 0.586. The van der Waals surface area contributed by atoms with Crippen molar-refractivity contribution in [3.63, 3.8) is 0 Å². The van der Waals surface area contributed by atoms with E-state index in [-0.39, 0.29) is 5.70 Å². The van der Waals surface area contributed by atoms with Gasteiger partial charge in [0.1, 0.15) is 0 Å². The quantitative estimate of drug-likeness (QED) is 0.424. The van der Waals surface area contributed by atoms with Crippen LogP contribution in [-0.2, 0) is 9.63 Å². The Labute approximate surface area is 52.9 Å². The van der Waals surface area contributed by atoms with Crippen LogP contribution in [0.25, 0.3) is 4.85 Å². The Hall–Kier alpha value is -1.34. The number of carbonyl (C=O) groups is 1. The molecule has 0 radical (unpaired) electrons. The van der Waals surface area contributed by atoms with Gasteiger partial charge in [-0.3, -0.25) is 0 Å². The van der Waals surface area contributed by atoms with E-state index >= 15 is 0 Å². The van der Waals surface area contributed by atoms with Gasteiger partial charge in [0.25, 0.3) is 6.57 Å². The number of nitrogens with one attached hydrogen (secondary N) is 1. The van der Waals surface area contributed by atoms with Gasteiger partial charge in [-0.25, -0.2) is 4.79 Å². The van der Waals surface area contributed by atoms with Gasteiger partial charge in [0.15, 0.2) is 0 Å². The molecule has 9 heavy (non-hydrogen) atoms. The van der Waals surface area contributed by atoms with Crippen LogP contribution in [0.4, 0.5) is 0 Å². The minimum Gasteiger partial charge on any atom is -0.362 e. The predicted molar refractivity (Wildman–Crippen MR) is 32.6 cm³/mol. The van der Waals surface area contributed by atoms with Crippen molar-refractivity contribution in [2.45, 2.75) is 0 Å². The molecular formula is C5H7N2O2+. The van der Waals surface area contributed by atoms with Crippen LogP contribution in [0.15, 0.2) is 12.3 Å². The van der Waals surface area contributed by atoms with Gasteiger partial charge in [-0.05, 0) is 4.85 Å². The normalized spacial score (nSPS) is 7.56. The third-order valence-corrected chi connectivity index (χ3v) is 0.586. The Kier molecular flexibility index (Phi) is 3.09. The molecule has 0 bridgehead atoms. The number of hydrogen-bond donors (Lipinski definition) is 1. The Bertz CT molecular complexity index is 168. The summed E-state index contributed by atoms with van der Waals surface area (Å²) in [6.07, 6.45) is 0. The molecule has 0 heterocycles. The molecule has 0 aromatic heterocycles. The van der Waals surface area contributed by atoms with Crippen molar-refractivity contribution in [3.8, 4) is 6.57 Å². The maximum atomic E-state index is 10.4. The van der Waals surface area contributed by atoms with E-state index in [2.05, 4.69) is 21.7 Å². The molecule has 0 aromatic rings. The van der Waals surface area contributed by atoms with E-state index in [1.54, 1.807) is 0 Å². The summed E-state index contributed by atoms with van der Waals surface area (Å²) in [5, 5.41) is 0.